The number of hydrogen-bond acceptors (Lipinski definition) is 10. The predicted molar refractivity (Wildman–Crippen MR) is 98.9 cm³/mol. The first-order chi connectivity index (χ1) is 14.3. The van der Waals surface area contributed by atoms with E-state index in [2.05, 4.69) is 4.98 Å². The Hall–Kier alpha value is -2.83. The molecule has 0 amide bonds. The van der Waals surface area contributed by atoms with Crippen LogP contribution in [0.3, 0.4) is 0 Å². The van der Waals surface area contributed by atoms with Crippen molar-refractivity contribution in [1.82, 2.24) is 9.55 Å². The molecule has 1 aromatic heterocycles. The molecule has 0 bridgehead atoms. The molecule has 11 nitrogen and oxygen atoms in total. The highest BCUT2D eigenvalue weighted by Crippen LogP contribution is 2.28. The van der Waals surface area contributed by atoms with Gasteiger partial charge in [-0.2, -0.15) is 4.98 Å². The van der Waals surface area contributed by atoms with Crippen molar-refractivity contribution in [3.63, 3.8) is 0 Å². The van der Waals surface area contributed by atoms with Crippen LogP contribution < -0.4 is 16.9 Å². The molecule has 1 aliphatic rings. The van der Waals surface area contributed by atoms with Gasteiger partial charge in [-0.15, -0.1) is 0 Å². The Morgan fingerprint density at radius 3 is 2.72 bits per heavy atom. The van der Waals surface area contributed by atoms with Gasteiger partial charge in [0.25, 0.3) is 0 Å². The van der Waals surface area contributed by atoms with Crippen LogP contribution in [0.25, 0.3) is 0 Å². The normalized spacial score (nSPS) is 27.9. The topological polar surface area (TPSA) is 169 Å². The standard InChI is InChI=1S/C18H22N4O7/c19-11(8-10-4-2-1-3-5-10)17(25)28-9-12-14(23)15(24)16(29-12)22-7-6-13(21-27)20-18(22)26/h1-7,11-12,14-16,23-24,27H,8-9,19H2,(H,20,21,26)/t11-,12+,14+,15+,16+/m0/s1/i16D. The molecule has 11 heteroatoms. The maximum atomic E-state index is 12.2. The Labute approximate surface area is 166 Å². The lowest BCUT2D eigenvalue weighted by Gasteiger charge is -2.17. The maximum absolute atomic E-state index is 12.2. The minimum Gasteiger partial charge on any atom is -0.462 e. The molecule has 6 N–H and O–H groups in total. The van der Waals surface area contributed by atoms with Crippen molar-refractivity contribution >= 4 is 11.8 Å². The van der Waals surface area contributed by atoms with Gasteiger partial charge < -0.3 is 25.4 Å². The van der Waals surface area contributed by atoms with E-state index in [1.807, 2.05) is 30.3 Å². The molecule has 1 saturated heterocycles. The van der Waals surface area contributed by atoms with E-state index < -0.39 is 48.8 Å². The number of nitrogens with two attached hydrogens (primary N) is 1. The fourth-order valence-electron chi connectivity index (χ4n) is 2.83. The van der Waals surface area contributed by atoms with Gasteiger partial charge >= 0.3 is 11.7 Å². The first-order valence-electron chi connectivity index (χ1n) is 9.26. The number of anilines is 1. The lowest BCUT2D eigenvalue weighted by molar-refractivity contribution is -0.151. The van der Waals surface area contributed by atoms with Crippen molar-refractivity contribution in [3.8, 4) is 0 Å². The fraction of sp³-hybridized carbons (Fsp3) is 0.389. The predicted octanol–water partition coefficient (Wildman–Crippen LogP) is -1.22. The summed E-state index contributed by atoms with van der Waals surface area (Å²) < 4.78 is 19.4. The monoisotopic (exact) mass is 407 g/mol. The van der Waals surface area contributed by atoms with Crippen LogP contribution in [0.2, 0.25) is 0 Å². The van der Waals surface area contributed by atoms with Crippen LogP contribution in [0.1, 0.15) is 13.1 Å². The number of carbonyl (C=O) groups is 1. The first kappa shape index (κ1) is 19.5. The zero-order chi connectivity index (χ0) is 21.9. The van der Waals surface area contributed by atoms with Crippen molar-refractivity contribution in [2.75, 3.05) is 12.1 Å². The molecular formula is C18H22N4O7. The SMILES string of the molecule is [2H][C@@]1(n2ccc(NO)nc2=O)O[C@H](COC(=O)[C@@H](N)Cc2ccccc2)[C@@H](O)[C@H]1O. The Balaban J connectivity index is 1.65. The second-order valence-corrected chi connectivity index (χ2v) is 6.43. The van der Waals surface area contributed by atoms with Crippen molar-refractivity contribution in [2.45, 2.75) is 37.0 Å². The number of aliphatic hydroxyl groups excluding tert-OH is 2. The van der Waals surface area contributed by atoms with Gasteiger partial charge in [0.2, 0.25) is 0 Å². The molecule has 0 radical (unpaired) electrons. The fourth-order valence-corrected chi connectivity index (χ4v) is 2.83. The summed E-state index contributed by atoms with van der Waals surface area (Å²) in [5, 5.41) is 29.3. The van der Waals surface area contributed by atoms with E-state index in [0.717, 1.165) is 17.8 Å². The number of hydrogen-bond donors (Lipinski definition) is 5. The number of nitrogens with zero attached hydrogens (tertiary/aromatic N) is 2. The minimum atomic E-state index is -2.42. The highest BCUT2D eigenvalue weighted by Gasteiger charge is 2.44. The van der Waals surface area contributed by atoms with Gasteiger partial charge in [-0.25, -0.2) is 4.79 Å². The summed E-state index contributed by atoms with van der Waals surface area (Å²) in [5.74, 6) is -0.922. The molecule has 0 spiro atoms. The zero-order valence-electron chi connectivity index (χ0n) is 16.2. The van der Waals surface area contributed by atoms with Crippen molar-refractivity contribution < 1.29 is 31.1 Å². The summed E-state index contributed by atoms with van der Waals surface area (Å²) in [7, 11) is 0. The number of carbonyl (C=O) groups excluding carboxylic acids is 1. The number of aromatic nitrogens is 2. The highest BCUT2D eigenvalue weighted by molar-refractivity contribution is 5.75. The van der Waals surface area contributed by atoms with Gasteiger partial charge in [0.15, 0.2) is 12.0 Å². The quantitative estimate of drug-likeness (QED) is 0.277. The van der Waals surface area contributed by atoms with Crippen LogP contribution in [-0.4, -0.2) is 61.9 Å². The summed E-state index contributed by atoms with van der Waals surface area (Å²) in [4.78, 5) is 27.7. The van der Waals surface area contributed by atoms with Gasteiger partial charge in [0.05, 0.1) is 1.37 Å². The van der Waals surface area contributed by atoms with Crippen molar-refractivity contribution in [3.05, 3.63) is 58.6 Å². The lowest BCUT2D eigenvalue weighted by Crippen LogP contribution is -2.39. The zero-order valence-corrected chi connectivity index (χ0v) is 15.2. The van der Waals surface area contributed by atoms with Crippen molar-refractivity contribution in [2.24, 2.45) is 5.73 Å². The minimum absolute atomic E-state index is 0.175. The van der Waals surface area contributed by atoms with E-state index in [0.29, 0.717) is 4.57 Å². The van der Waals surface area contributed by atoms with Gasteiger partial charge in [0.1, 0.15) is 31.0 Å². The molecule has 0 saturated carbocycles. The second-order valence-electron chi connectivity index (χ2n) is 6.43. The summed E-state index contributed by atoms with van der Waals surface area (Å²) in [5.41, 5.74) is 7.35. The average molecular weight is 407 g/mol. The van der Waals surface area contributed by atoms with Crippen molar-refractivity contribution in [1.29, 1.82) is 0 Å². The van der Waals surface area contributed by atoms with Crippen LogP contribution in [0.5, 0.6) is 0 Å². The molecule has 1 fully saturated rings. The summed E-state index contributed by atoms with van der Waals surface area (Å²) in [6.07, 6.45) is -5.87. The Morgan fingerprint density at radius 2 is 2.07 bits per heavy atom. The van der Waals surface area contributed by atoms with E-state index in [1.165, 1.54) is 0 Å². The van der Waals surface area contributed by atoms with E-state index in [-0.39, 0.29) is 12.2 Å². The van der Waals surface area contributed by atoms with E-state index in [9.17, 15) is 19.8 Å². The van der Waals surface area contributed by atoms with Gasteiger partial charge in [-0.1, -0.05) is 30.3 Å². The molecule has 0 unspecified atom stereocenters. The molecular weight excluding hydrogens is 384 g/mol. The molecule has 156 valence electrons. The van der Waals surface area contributed by atoms with E-state index in [4.69, 9.17) is 21.8 Å². The third-order valence-electron chi connectivity index (χ3n) is 4.38. The number of ether oxygens (including phenoxy) is 2. The number of esters is 1. The molecule has 2 heterocycles. The third kappa shape index (κ3) is 4.78. The van der Waals surface area contributed by atoms with Crippen LogP contribution in [0, 0.1) is 0 Å². The molecule has 1 aliphatic heterocycles. The van der Waals surface area contributed by atoms with E-state index >= 15 is 0 Å². The molecule has 5 atom stereocenters. The molecule has 2 aromatic rings. The van der Waals surface area contributed by atoms with Gasteiger partial charge in [0, 0.05) is 6.20 Å². The van der Waals surface area contributed by atoms with Gasteiger partial charge in [-0.05, 0) is 18.1 Å². The molecule has 0 aliphatic carbocycles. The number of rotatable bonds is 7. The average Bonchev–Trinajstić information content (AvgIpc) is 2.96. The number of benzene rings is 1. The smallest absolute Gasteiger partial charge is 0.351 e. The van der Waals surface area contributed by atoms with Crippen LogP contribution in [0.4, 0.5) is 5.82 Å². The van der Waals surface area contributed by atoms with Crippen LogP contribution >= 0.6 is 0 Å². The highest BCUT2D eigenvalue weighted by atomic mass is 16.6. The number of nitrogens with one attached hydrogen (secondary N) is 1. The lowest BCUT2D eigenvalue weighted by atomic mass is 10.1. The third-order valence-corrected chi connectivity index (χ3v) is 4.38. The first-order valence-corrected chi connectivity index (χ1v) is 8.76. The van der Waals surface area contributed by atoms with E-state index in [1.54, 1.807) is 5.48 Å². The number of aliphatic hydroxyl groups is 2. The van der Waals surface area contributed by atoms with Crippen LogP contribution in [-0.2, 0) is 20.7 Å². The Morgan fingerprint density at radius 1 is 1.34 bits per heavy atom. The maximum Gasteiger partial charge on any atom is 0.351 e. The van der Waals surface area contributed by atoms with Crippen LogP contribution in [0.15, 0.2) is 47.4 Å². The second kappa shape index (κ2) is 9.11. The largest absolute Gasteiger partial charge is 0.462 e. The Kier molecular flexibility index (Phi) is 6.12. The molecule has 3 rings (SSSR count). The summed E-state index contributed by atoms with van der Waals surface area (Å²) in [6, 6.07) is 9.28. The summed E-state index contributed by atoms with van der Waals surface area (Å²) >= 11 is 0. The summed E-state index contributed by atoms with van der Waals surface area (Å²) in [6.45, 7) is -0.487. The molecule has 29 heavy (non-hydrogen) atoms. The van der Waals surface area contributed by atoms with Gasteiger partial charge in [-0.3, -0.25) is 20.0 Å². The Bertz CT molecular complexity index is 944. The molecule has 1 aromatic carbocycles.